The lowest BCUT2D eigenvalue weighted by Gasteiger charge is -2.40. The van der Waals surface area contributed by atoms with Crippen molar-refractivity contribution in [3.8, 4) is 11.3 Å². The number of anilines is 1. The summed E-state index contributed by atoms with van der Waals surface area (Å²) in [4.78, 5) is 2.52. The first-order chi connectivity index (χ1) is 10.9. The zero-order valence-corrected chi connectivity index (χ0v) is 12.8. The molecule has 0 radical (unpaired) electrons. The molecule has 4 nitrogen and oxygen atoms in total. The van der Waals surface area contributed by atoms with Crippen molar-refractivity contribution in [2.75, 3.05) is 18.0 Å². The number of rotatable bonds is 2. The molecule has 1 fully saturated rings. The fraction of sp³-hybridized carbons (Fsp3) is 0.389. The zero-order valence-electron chi connectivity index (χ0n) is 12.8. The highest BCUT2D eigenvalue weighted by molar-refractivity contribution is 5.98. The van der Waals surface area contributed by atoms with E-state index in [9.17, 15) is 0 Å². The van der Waals surface area contributed by atoms with Crippen molar-refractivity contribution in [1.82, 2.24) is 14.8 Å². The number of nitrogens with one attached hydrogen (secondary N) is 1. The molecule has 0 unspecified atom stereocenters. The lowest BCUT2D eigenvalue weighted by atomic mass is 9.86. The van der Waals surface area contributed by atoms with Crippen molar-refractivity contribution < 1.29 is 0 Å². The molecular weight excluding hydrogens is 272 g/mol. The molecule has 4 heteroatoms. The number of hydrogen-bond donors (Lipinski definition) is 1. The molecule has 6 rings (SSSR count). The first-order valence-electron chi connectivity index (χ1n) is 8.28. The minimum atomic E-state index is 0.681. The Bertz CT molecular complexity index is 849. The van der Waals surface area contributed by atoms with E-state index in [0.29, 0.717) is 5.92 Å². The molecule has 1 saturated heterocycles. The molecule has 2 aromatic heterocycles. The van der Waals surface area contributed by atoms with Crippen LogP contribution in [0.4, 0.5) is 5.69 Å². The van der Waals surface area contributed by atoms with Gasteiger partial charge in [0.25, 0.3) is 0 Å². The van der Waals surface area contributed by atoms with Gasteiger partial charge >= 0.3 is 0 Å². The van der Waals surface area contributed by atoms with Crippen molar-refractivity contribution in [2.45, 2.75) is 32.2 Å². The van der Waals surface area contributed by atoms with Crippen LogP contribution in [0.3, 0.4) is 0 Å². The first-order valence-corrected chi connectivity index (χ1v) is 8.28. The largest absolute Gasteiger partial charge is 0.368 e. The van der Waals surface area contributed by atoms with E-state index in [-0.39, 0.29) is 0 Å². The monoisotopic (exact) mass is 292 g/mol. The van der Waals surface area contributed by atoms with Gasteiger partial charge in [-0.25, -0.2) is 0 Å². The summed E-state index contributed by atoms with van der Waals surface area (Å²) < 4.78 is 2.32. The van der Waals surface area contributed by atoms with E-state index in [1.54, 1.807) is 0 Å². The van der Waals surface area contributed by atoms with E-state index in [1.807, 2.05) is 0 Å². The number of H-pyrrole nitrogens is 1. The molecule has 0 amide bonds. The van der Waals surface area contributed by atoms with Crippen LogP contribution >= 0.6 is 0 Å². The smallest absolute Gasteiger partial charge is 0.118 e. The number of para-hydroxylation sites is 1. The standard InChI is InChI=1S/C18H20N4/c1-2-21-11-14(13-5-3-4-6-15(13)21)17-18-16(19-20-17)12-7-9-22(18)10-8-12/h3-6,11-12H,2,7-10H2,1H3,(H,19,20). The van der Waals surface area contributed by atoms with Crippen LogP contribution < -0.4 is 4.90 Å². The number of aromatic amines is 1. The van der Waals surface area contributed by atoms with Gasteiger partial charge in [-0.1, -0.05) is 18.2 Å². The van der Waals surface area contributed by atoms with Crippen molar-refractivity contribution in [2.24, 2.45) is 0 Å². The van der Waals surface area contributed by atoms with Crippen LogP contribution in [0.15, 0.2) is 30.5 Å². The molecular formula is C18H20N4. The van der Waals surface area contributed by atoms with E-state index >= 15 is 0 Å². The summed E-state index contributed by atoms with van der Waals surface area (Å²) in [6, 6.07) is 8.66. The number of fused-ring (bicyclic) bond motifs is 3. The van der Waals surface area contributed by atoms with Gasteiger partial charge < -0.3 is 9.47 Å². The van der Waals surface area contributed by atoms with E-state index in [2.05, 4.69) is 52.0 Å². The van der Waals surface area contributed by atoms with E-state index in [4.69, 9.17) is 5.10 Å². The zero-order chi connectivity index (χ0) is 14.7. The average molecular weight is 292 g/mol. The molecule has 0 saturated carbocycles. The Morgan fingerprint density at radius 3 is 2.86 bits per heavy atom. The number of piperidine rings is 1. The summed E-state index contributed by atoms with van der Waals surface area (Å²) in [5, 5.41) is 9.38. The number of aryl methyl sites for hydroxylation is 1. The Hall–Kier alpha value is -2.23. The van der Waals surface area contributed by atoms with Gasteiger partial charge in [-0.2, -0.15) is 5.10 Å². The Kier molecular flexibility index (Phi) is 2.46. The number of nitrogens with zero attached hydrogens (tertiary/aromatic N) is 3. The first kappa shape index (κ1) is 12.3. The molecule has 2 bridgehead atoms. The predicted molar refractivity (Wildman–Crippen MR) is 89.4 cm³/mol. The Balaban J connectivity index is 1.77. The summed E-state index contributed by atoms with van der Waals surface area (Å²) in [6.07, 6.45) is 4.81. The van der Waals surface area contributed by atoms with E-state index in [0.717, 1.165) is 12.2 Å². The van der Waals surface area contributed by atoms with Crippen LogP contribution in [0, 0.1) is 0 Å². The predicted octanol–water partition coefficient (Wildman–Crippen LogP) is 3.75. The van der Waals surface area contributed by atoms with Crippen molar-refractivity contribution in [3.63, 3.8) is 0 Å². The minimum Gasteiger partial charge on any atom is -0.368 e. The third-order valence-electron chi connectivity index (χ3n) is 5.37. The fourth-order valence-corrected chi connectivity index (χ4v) is 4.23. The Morgan fingerprint density at radius 2 is 2.05 bits per heavy atom. The second-order valence-corrected chi connectivity index (χ2v) is 6.44. The van der Waals surface area contributed by atoms with Crippen molar-refractivity contribution in [1.29, 1.82) is 0 Å². The highest BCUT2D eigenvalue weighted by Gasteiger charge is 2.35. The average Bonchev–Trinajstić information content (AvgIpc) is 3.18. The van der Waals surface area contributed by atoms with Crippen LogP contribution in [0.5, 0.6) is 0 Å². The van der Waals surface area contributed by atoms with Gasteiger partial charge in [0.1, 0.15) is 5.69 Å². The molecule has 112 valence electrons. The highest BCUT2D eigenvalue weighted by atomic mass is 15.2. The maximum Gasteiger partial charge on any atom is 0.118 e. The lowest BCUT2D eigenvalue weighted by molar-refractivity contribution is 0.466. The molecule has 0 aliphatic carbocycles. The maximum atomic E-state index is 4.73. The Morgan fingerprint density at radius 1 is 1.23 bits per heavy atom. The molecule has 3 aliphatic rings. The second-order valence-electron chi connectivity index (χ2n) is 6.44. The third kappa shape index (κ3) is 1.50. The molecule has 22 heavy (non-hydrogen) atoms. The van der Waals surface area contributed by atoms with Gasteiger partial charge in [0, 0.05) is 48.2 Å². The van der Waals surface area contributed by atoms with E-state index < -0.39 is 0 Å². The normalized spacial score (nSPS) is 17.4. The molecule has 3 aliphatic heterocycles. The maximum absolute atomic E-state index is 4.73. The van der Waals surface area contributed by atoms with Crippen LogP contribution in [0.2, 0.25) is 0 Å². The van der Waals surface area contributed by atoms with Crippen LogP contribution in [-0.4, -0.2) is 27.9 Å². The van der Waals surface area contributed by atoms with Gasteiger partial charge in [0.15, 0.2) is 0 Å². The van der Waals surface area contributed by atoms with E-state index in [1.165, 1.54) is 53.8 Å². The molecule has 1 N–H and O–H groups in total. The van der Waals surface area contributed by atoms with Crippen LogP contribution in [-0.2, 0) is 6.54 Å². The summed E-state index contributed by atoms with van der Waals surface area (Å²) >= 11 is 0. The SMILES string of the molecule is CCn1cc(-c2n[nH]c3c2N2CCC3CC2)c2ccccc21. The molecule has 1 aromatic carbocycles. The van der Waals surface area contributed by atoms with Crippen molar-refractivity contribution >= 4 is 16.6 Å². The topological polar surface area (TPSA) is 36.9 Å². The number of hydrogen-bond acceptors (Lipinski definition) is 2. The molecule has 5 heterocycles. The minimum absolute atomic E-state index is 0.681. The summed E-state index contributed by atoms with van der Waals surface area (Å²) in [5.41, 5.74) is 6.43. The quantitative estimate of drug-likeness (QED) is 0.781. The molecule has 3 aromatic rings. The fourth-order valence-electron chi connectivity index (χ4n) is 4.23. The van der Waals surface area contributed by atoms with Crippen molar-refractivity contribution in [3.05, 3.63) is 36.2 Å². The summed E-state index contributed by atoms with van der Waals surface area (Å²) in [6.45, 7) is 5.54. The van der Waals surface area contributed by atoms with Gasteiger partial charge in [0.05, 0.1) is 11.4 Å². The van der Waals surface area contributed by atoms with Crippen LogP contribution in [0.25, 0.3) is 22.2 Å². The second kappa shape index (κ2) is 4.38. The van der Waals surface area contributed by atoms with Gasteiger partial charge in [-0.15, -0.1) is 0 Å². The lowest BCUT2D eigenvalue weighted by Crippen LogP contribution is -2.38. The third-order valence-corrected chi connectivity index (χ3v) is 5.37. The van der Waals surface area contributed by atoms with Gasteiger partial charge in [0.2, 0.25) is 0 Å². The van der Waals surface area contributed by atoms with Crippen LogP contribution in [0.1, 0.15) is 31.4 Å². The summed E-state index contributed by atoms with van der Waals surface area (Å²) in [7, 11) is 0. The molecule has 0 spiro atoms. The summed E-state index contributed by atoms with van der Waals surface area (Å²) in [5.74, 6) is 0.681. The molecule has 0 atom stereocenters. The number of aromatic nitrogens is 3. The van der Waals surface area contributed by atoms with Gasteiger partial charge in [-0.3, -0.25) is 5.10 Å². The highest BCUT2D eigenvalue weighted by Crippen LogP contribution is 2.46. The Labute approximate surface area is 129 Å². The number of benzene rings is 1. The van der Waals surface area contributed by atoms with Gasteiger partial charge in [-0.05, 0) is 25.8 Å².